The summed E-state index contributed by atoms with van der Waals surface area (Å²) in [5.74, 6) is 0. The van der Waals surface area contributed by atoms with Crippen LogP contribution in [0.2, 0.25) is 0 Å². The van der Waals surface area contributed by atoms with E-state index in [1.54, 1.807) is 0 Å². The summed E-state index contributed by atoms with van der Waals surface area (Å²) < 4.78 is 0. The molecule has 3 rings (SSSR count). The Bertz CT molecular complexity index is 606. The molecule has 1 aliphatic carbocycles. The topological polar surface area (TPSA) is 29.0 Å². The van der Waals surface area contributed by atoms with Crippen molar-refractivity contribution in [3.63, 3.8) is 0 Å². The Kier molecular flexibility index (Phi) is 3.47. The smallest absolute Gasteiger partial charge is 0.0890 e. The fraction of sp³-hybridized carbons (Fsp3) is 0.529. The molecule has 0 radical (unpaired) electrons. The molecular weight excluding hydrogens is 246 g/mol. The fourth-order valence-corrected chi connectivity index (χ4v) is 3.23. The molecule has 1 atom stereocenters. The molecule has 0 amide bonds. The molecule has 2 aromatic rings. The minimum atomic E-state index is 0.494. The van der Waals surface area contributed by atoms with Crippen LogP contribution >= 0.6 is 0 Å². The van der Waals surface area contributed by atoms with E-state index >= 15 is 0 Å². The van der Waals surface area contributed by atoms with Gasteiger partial charge in [-0.05, 0) is 43.9 Å². The number of nitrogens with zero attached hydrogens (tertiary/aromatic N) is 3. The van der Waals surface area contributed by atoms with Crippen LogP contribution in [0.25, 0.3) is 11.0 Å². The Morgan fingerprint density at radius 3 is 2.70 bits per heavy atom. The molecule has 20 heavy (non-hydrogen) atoms. The molecule has 0 aliphatic heterocycles. The van der Waals surface area contributed by atoms with Gasteiger partial charge in [0.25, 0.3) is 0 Å². The lowest BCUT2D eigenvalue weighted by molar-refractivity contribution is 0.218. The summed E-state index contributed by atoms with van der Waals surface area (Å²) >= 11 is 0. The minimum Gasteiger partial charge on any atom is -0.298 e. The van der Waals surface area contributed by atoms with E-state index in [4.69, 9.17) is 4.98 Å². The third kappa shape index (κ3) is 2.83. The second-order valence-electron chi connectivity index (χ2n) is 6.83. The standard InChI is InChI=1S/C17H23N3/c1-17(2)9-8-14(10-17)20(3)12-13-11-18-15-6-4-5-7-16(15)19-13/h4-7,11,14H,8-10,12H2,1-3H3. The van der Waals surface area contributed by atoms with Crippen LogP contribution in [-0.2, 0) is 6.54 Å². The van der Waals surface area contributed by atoms with Crippen molar-refractivity contribution in [2.75, 3.05) is 7.05 Å². The van der Waals surface area contributed by atoms with Crippen LogP contribution in [0.4, 0.5) is 0 Å². The number of aromatic nitrogens is 2. The van der Waals surface area contributed by atoms with Crippen molar-refractivity contribution in [2.24, 2.45) is 5.41 Å². The Morgan fingerprint density at radius 1 is 1.25 bits per heavy atom. The van der Waals surface area contributed by atoms with Crippen molar-refractivity contribution in [1.82, 2.24) is 14.9 Å². The first-order valence-electron chi connectivity index (χ1n) is 7.44. The number of benzene rings is 1. The predicted molar refractivity (Wildman–Crippen MR) is 82.4 cm³/mol. The second kappa shape index (κ2) is 5.13. The van der Waals surface area contributed by atoms with Gasteiger partial charge in [-0.3, -0.25) is 9.88 Å². The molecular formula is C17H23N3. The molecule has 0 bridgehead atoms. The average Bonchev–Trinajstić information content (AvgIpc) is 2.79. The van der Waals surface area contributed by atoms with Gasteiger partial charge in [0.05, 0.1) is 22.9 Å². The SMILES string of the molecule is CN(Cc1cnc2ccccc2n1)C1CCC(C)(C)C1. The number of para-hydroxylation sites is 2. The lowest BCUT2D eigenvalue weighted by atomic mass is 9.91. The Balaban J connectivity index is 1.73. The Hall–Kier alpha value is -1.48. The second-order valence-corrected chi connectivity index (χ2v) is 6.83. The van der Waals surface area contributed by atoms with Crippen LogP contribution < -0.4 is 0 Å². The first-order valence-corrected chi connectivity index (χ1v) is 7.44. The van der Waals surface area contributed by atoms with Crippen LogP contribution in [0.15, 0.2) is 30.5 Å². The lowest BCUT2D eigenvalue weighted by Gasteiger charge is -2.25. The van der Waals surface area contributed by atoms with Gasteiger partial charge in [-0.1, -0.05) is 26.0 Å². The molecule has 1 saturated carbocycles. The van der Waals surface area contributed by atoms with Gasteiger partial charge < -0.3 is 0 Å². The third-order valence-electron chi connectivity index (χ3n) is 4.48. The number of hydrogen-bond acceptors (Lipinski definition) is 3. The molecule has 0 spiro atoms. The first kappa shape index (κ1) is 13.5. The molecule has 1 unspecified atom stereocenters. The Morgan fingerprint density at radius 2 is 2.00 bits per heavy atom. The van der Waals surface area contributed by atoms with E-state index in [0.717, 1.165) is 23.3 Å². The first-order chi connectivity index (χ1) is 9.53. The number of rotatable bonds is 3. The molecule has 3 heteroatoms. The summed E-state index contributed by atoms with van der Waals surface area (Å²) in [5, 5.41) is 0. The zero-order valence-electron chi connectivity index (χ0n) is 12.6. The van der Waals surface area contributed by atoms with Crippen LogP contribution in [0.5, 0.6) is 0 Å². The molecule has 0 N–H and O–H groups in total. The molecule has 1 aliphatic rings. The predicted octanol–water partition coefficient (Wildman–Crippen LogP) is 3.64. The van der Waals surface area contributed by atoms with E-state index in [0.29, 0.717) is 11.5 Å². The summed E-state index contributed by atoms with van der Waals surface area (Å²) in [4.78, 5) is 11.7. The van der Waals surface area contributed by atoms with Crippen LogP contribution in [0, 0.1) is 5.41 Å². The van der Waals surface area contributed by atoms with Gasteiger partial charge in [-0.25, -0.2) is 4.98 Å². The molecule has 0 saturated heterocycles. The molecule has 1 aromatic carbocycles. The maximum absolute atomic E-state index is 4.72. The largest absolute Gasteiger partial charge is 0.298 e. The fourth-order valence-electron chi connectivity index (χ4n) is 3.23. The van der Waals surface area contributed by atoms with Crippen molar-refractivity contribution in [2.45, 2.75) is 45.7 Å². The summed E-state index contributed by atoms with van der Waals surface area (Å²) in [6.07, 6.45) is 5.82. The van der Waals surface area contributed by atoms with E-state index in [1.165, 1.54) is 19.3 Å². The molecule has 1 fully saturated rings. The number of fused-ring (bicyclic) bond motifs is 1. The van der Waals surface area contributed by atoms with E-state index < -0.39 is 0 Å². The quantitative estimate of drug-likeness (QED) is 0.852. The monoisotopic (exact) mass is 269 g/mol. The van der Waals surface area contributed by atoms with Gasteiger partial charge in [0, 0.05) is 12.6 Å². The molecule has 1 heterocycles. The highest BCUT2D eigenvalue weighted by atomic mass is 15.1. The van der Waals surface area contributed by atoms with Crippen LogP contribution in [-0.4, -0.2) is 28.0 Å². The maximum atomic E-state index is 4.72. The maximum Gasteiger partial charge on any atom is 0.0890 e. The van der Waals surface area contributed by atoms with Gasteiger partial charge in [0.2, 0.25) is 0 Å². The van der Waals surface area contributed by atoms with Crippen molar-refractivity contribution in [3.05, 3.63) is 36.2 Å². The van der Waals surface area contributed by atoms with E-state index in [1.807, 2.05) is 30.5 Å². The molecule has 3 nitrogen and oxygen atoms in total. The summed E-state index contributed by atoms with van der Waals surface area (Å²) in [7, 11) is 2.21. The highest BCUT2D eigenvalue weighted by Crippen LogP contribution is 2.39. The number of hydrogen-bond donors (Lipinski definition) is 0. The van der Waals surface area contributed by atoms with Gasteiger partial charge >= 0.3 is 0 Å². The van der Waals surface area contributed by atoms with Gasteiger partial charge in [0.15, 0.2) is 0 Å². The lowest BCUT2D eigenvalue weighted by Crippen LogP contribution is -2.30. The average molecular weight is 269 g/mol. The summed E-state index contributed by atoms with van der Waals surface area (Å²) in [6, 6.07) is 8.74. The summed E-state index contributed by atoms with van der Waals surface area (Å²) in [6.45, 7) is 5.63. The summed E-state index contributed by atoms with van der Waals surface area (Å²) in [5.41, 5.74) is 3.52. The van der Waals surface area contributed by atoms with Gasteiger partial charge in [-0.2, -0.15) is 0 Å². The van der Waals surface area contributed by atoms with Crippen molar-refractivity contribution in [1.29, 1.82) is 0 Å². The highest BCUT2D eigenvalue weighted by molar-refractivity contribution is 5.73. The van der Waals surface area contributed by atoms with Crippen LogP contribution in [0.1, 0.15) is 38.8 Å². The Labute approximate surface area is 121 Å². The normalized spacial score (nSPS) is 21.7. The van der Waals surface area contributed by atoms with Crippen molar-refractivity contribution in [3.8, 4) is 0 Å². The van der Waals surface area contributed by atoms with E-state index in [9.17, 15) is 0 Å². The molecule has 1 aromatic heterocycles. The van der Waals surface area contributed by atoms with Crippen LogP contribution in [0.3, 0.4) is 0 Å². The van der Waals surface area contributed by atoms with Gasteiger partial charge in [-0.15, -0.1) is 0 Å². The highest BCUT2D eigenvalue weighted by Gasteiger charge is 2.32. The zero-order chi connectivity index (χ0) is 14.2. The molecule has 106 valence electrons. The van der Waals surface area contributed by atoms with E-state index in [-0.39, 0.29) is 0 Å². The van der Waals surface area contributed by atoms with Crippen molar-refractivity contribution < 1.29 is 0 Å². The minimum absolute atomic E-state index is 0.494. The zero-order valence-corrected chi connectivity index (χ0v) is 12.6. The van der Waals surface area contributed by atoms with E-state index in [2.05, 4.69) is 30.8 Å². The third-order valence-corrected chi connectivity index (χ3v) is 4.48. The van der Waals surface area contributed by atoms with Gasteiger partial charge in [0.1, 0.15) is 0 Å². The van der Waals surface area contributed by atoms with Crippen molar-refractivity contribution >= 4 is 11.0 Å².